The molecule has 1 aromatic carbocycles. The lowest BCUT2D eigenvalue weighted by molar-refractivity contribution is -0.122. The van der Waals surface area contributed by atoms with Crippen LogP contribution in [0, 0.1) is 0 Å². The topological polar surface area (TPSA) is 53.4 Å². The average molecular weight is 327 g/mol. The first-order valence-corrected chi connectivity index (χ1v) is 8.54. The Kier molecular flexibility index (Phi) is 5.61. The number of aromatic nitrogens is 2. The number of para-hydroxylation sites is 1. The van der Waals surface area contributed by atoms with Crippen molar-refractivity contribution in [1.29, 1.82) is 0 Å². The Hall–Kier alpha value is -2.18. The molecule has 1 N–H and O–H groups in total. The SMILES string of the molecule is CCN1CCN(CC(=O)NCc2ccccc2-n2ccnc2)CC1. The Balaban J connectivity index is 1.52. The minimum absolute atomic E-state index is 0.0837. The van der Waals surface area contributed by atoms with E-state index < -0.39 is 0 Å². The molecule has 0 unspecified atom stereocenters. The number of benzene rings is 1. The maximum Gasteiger partial charge on any atom is 0.234 e. The molecule has 6 heteroatoms. The van der Waals surface area contributed by atoms with E-state index in [0.717, 1.165) is 44.0 Å². The average Bonchev–Trinajstić information content (AvgIpc) is 3.15. The number of rotatable bonds is 6. The van der Waals surface area contributed by atoms with Gasteiger partial charge < -0.3 is 14.8 Å². The van der Waals surface area contributed by atoms with Gasteiger partial charge in [0.2, 0.25) is 5.91 Å². The van der Waals surface area contributed by atoms with E-state index in [-0.39, 0.29) is 5.91 Å². The van der Waals surface area contributed by atoms with Crippen LogP contribution in [0.3, 0.4) is 0 Å². The summed E-state index contributed by atoms with van der Waals surface area (Å²) < 4.78 is 1.96. The Bertz CT molecular complexity index is 647. The van der Waals surface area contributed by atoms with Crippen molar-refractivity contribution in [2.45, 2.75) is 13.5 Å². The van der Waals surface area contributed by atoms with E-state index in [9.17, 15) is 4.79 Å². The van der Waals surface area contributed by atoms with Gasteiger partial charge in [-0.05, 0) is 18.2 Å². The zero-order valence-electron chi connectivity index (χ0n) is 14.2. The van der Waals surface area contributed by atoms with Gasteiger partial charge in [-0.15, -0.1) is 0 Å². The molecule has 0 aliphatic carbocycles. The van der Waals surface area contributed by atoms with E-state index in [0.29, 0.717) is 13.1 Å². The number of amides is 1. The van der Waals surface area contributed by atoms with Crippen LogP contribution in [0.2, 0.25) is 0 Å². The number of hydrogen-bond acceptors (Lipinski definition) is 4. The molecule has 128 valence electrons. The summed E-state index contributed by atoms with van der Waals surface area (Å²) in [5, 5.41) is 3.05. The molecule has 0 atom stereocenters. The molecular weight excluding hydrogens is 302 g/mol. The monoisotopic (exact) mass is 327 g/mol. The van der Waals surface area contributed by atoms with Crippen molar-refractivity contribution < 1.29 is 4.79 Å². The molecule has 3 rings (SSSR count). The Labute approximate surface area is 143 Å². The number of piperazine rings is 1. The number of likely N-dealkylation sites (N-methyl/N-ethyl adjacent to an activating group) is 1. The molecule has 1 aromatic heterocycles. The van der Waals surface area contributed by atoms with Crippen molar-refractivity contribution in [1.82, 2.24) is 24.7 Å². The van der Waals surface area contributed by atoms with Crippen molar-refractivity contribution in [3.8, 4) is 5.69 Å². The molecule has 1 aliphatic rings. The summed E-state index contributed by atoms with van der Waals surface area (Å²) in [6.07, 6.45) is 5.44. The predicted octanol–water partition coefficient (Wildman–Crippen LogP) is 1.13. The van der Waals surface area contributed by atoms with Crippen molar-refractivity contribution in [2.75, 3.05) is 39.3 Å². The van der Waals surface area contributed by atoms with E-state index in [1.54, 1.807) is 12.5 Å². The molecule has 1 aliphatic heterocycles. The highest BCUT2D eigenvalue weighted by Gasteiger charge is 2.17. The molecule has 0 spiro atoms. The number of hydrogen-bond donors (Lipinski definition) is 1. The molecule has 1 amide bonds. The molecule has 24 heavy (non-hydrogen) atoms. The van der Waals surface area contributed by atoms with Crippen LogP contribution in [0.1, 0.15) is 12.5 Å². The van der Waals surface area contributed by atoms with E-state index in [1.807, 2.05) is 35.0 Å². The van der Waals surface area contributed by atoms with E-state index >= 15 is 0 Å². The van der Waals surface area contributed by atoms with Crippen LogP contribution in [0.25, 0.3) is 5.69 Å². The Morgan fingerprint density at radius 1 is 1.17 bits per heavy atom. The summed E-state index contributed by atoms with van der Waals surface area (Å²) in [7, 11) is 0. The Morgan fingerprint density at radius 2 is 1.92 bits per heavy atom. The highest BCUT2D eigenvalue weighted by molar-refractivity contribution is 5.78. The lowest BCUT2D eigenvalue weighted by atomic mass is 10.1. The number of nitrogens with zero attached hydrogens (tertiary/aromatic N) is 4. The van der Waals surface area contributed by atoms with Crippen LogP contribution >= 0.6 is 0 Å². The van der Waals surface area contributed by atoms with E-state index in [4.69, 9.17) is 0 Å². The normalized spacial score (nSPS) is 16.2. The summed E-state index contributed by atoms with van der Waals surface area (Å²) in [5.41, 5.74) is 2.13. The summed E-state index contributed by atoms with van der Waals surface area (Å²) >= 11 is 0. The van der Waals surface area contributed by atoms with Gasteiger partial charge in [-0.25, -0.2) is 4.98 Å². The van der Waals surface area contributed by atoms with Crippen LogP contribution < -0.4 is 5.32 Å². The van der Waals surface area contributed by atoms with Gasteiger partial charge in [0.05, 0.1) is 18.6 Å². The maximum atomic E-state index is 12.2. The quantitative estimate of drug-likeness (QED) is 0.864. The molecular formula is C18H25N5O. The third-order valence-electron chi connectivity index (χ3n) is 4.53. The van der Waals surface area contributed by atoms with Gasteiger partial charge in [-0.3, -0.25) is 9.69 Å². The predicted molar refractivity (Wildman–Crippen MR) is 94.0 cm³/mol. The van der Waals surface area contributed by atoms with Crippen molar-refractivity contribution >= 4 is 5.91 Å². The number of nitrogens with one attached hydrogen (secondary N) is 1. The van der Waals surface area contributed by atoms with Crippen LogP contribution in [0.4, 0.5) is 0 Å². The van der Waals surface area contributed by atoms with Gasteiger partial charge in [0.25, 0.3) is 0 Å². The van der Waals surface area contributed by atoms with Gasteiger partial charge in [0, 0.05) is 45.1 Å². The first kappa shape index (κ1) is 16.7. The molecule has 2 aromatic rings. The number of imidazole rings is 1. The molecule has 0 bridgehead atoms. The standard InChI is InChI=1S/C18H25N5O/c1-2-21-9-11-22(12-10-21)14-18(24)20-13-16-5-3-4-6-17(16)23-8-7-19-15-23/h3-8,15H,2,9-14H2,1H3,(H,20,24). The van der Waals surface area contributed by atoms with Crippen molar-refractivity contribution in [3.05, 3.63) is 48.5 Å². The zero-order valence-corrected chi connectivity index (χ0v) is 14.2. The summed E-state index contributed by atoms with van der Waals surface area (Å²) in [5.74, 6) is 0.0837. The van der Waals surface area contributed by atoms with E-state index in [1.165, 1.54) is 0 Å². The second kappa shape index (κ2) is 8.08. The lowest BCUT2D eigenvalue weighted by Gasteiger charge is -2.33. The third-order valence-corrected chi connectivity index (χ3v) is 4.53. The zero-order chi connectivity index (χ0) is 16.8. The van der Waals surface area contributed by atoms with Gasteiger partial charge in [-0.2, -0.15) is 0 Å². The second-order valence-corrected chi connectivity index (χ2v) is 6.09. The highest BCUT2D eigenvalue weighted by Crippen LogP contribution is 2.13. The second-order valence-electron chi connectivity index (χ2n) is 6.09. The largest absolute Gasteiger partial charge is 0.351 e. The first-order chi connectivity index (χ1) is 11.8. The van der Waals surface area contributed by atoms with Gasteiger partial charge >= 0.3 is 0 Å². The Morgan fingerprint density at radius 3 is 2.62 bits per heavy atom. The number of carbonyl (C=O) groups is 1. The van der Waals surface area contributed by atoms with Gasteiger partial charge in [0.15, 0.2) is 0 Å². The lowest BCUT2D eigenvalue weighted by Crippen LogP contribution is -2.49. The van der Waals surface area contributed by atoms with Crippen molar-refractivity contribution in [2.24, 2.45) is 0 Å². The minimum atomic E-state index is 0.0837. The fourth-order valence-electron chi connectivity index (χ4n) is 3.03. The van der Waals surface area contributed by atoms with Gasteiger partial charge in [-0.1, -0.05) is 25.1 Å². The molecule has 0 radical (unpaired) electrons. The molecule has 1 fully saturated rings. The summed E-state index contributed by atoms with van der Waals surface area (Å²) in [6.45, 7) is 8.30. The van der Waals surface area contributed by atoms with Crippen LogP contribution in [-0.4, -0.2) is 64.5 Å². The molecule has 1 saturated heterocycles. The minimum Gasteiger partial charge on any atom is -0.351 e. The first-order valence-electron chi connectivity index (χ1n) is 8.54. The van der Waals surface area contributed by atoms with Crippen LogP contribution in [-0.2, 0) is 11.3 Å². The highest BCUT2D eigenvalue weighted by atomic mass is 16.2. The molecule has 6 nitrogen and oxygen atoms in total. The fourth-order valence-corrected chi connectivity index (χ4v) is 3.03. The summed E-state index contributed by atoms with van der Waals surface area (Å²) in [4.78, 5) is 21.0. The molecule has 0 saturated carbocycles. The van der Waals surface area contributed by atoms with Gasteiger partial charge in [0.1, 0.15) is 0 Å². The van der Waals surface area contributed by atoms with Crippen LogP contribution in [0.15, 0.2) is 43.0 Å². The van der Waals surface area contributed by atoms with Crippen LogP contribution in [0.5, 0.6) is 0 Å². The van der Waals surface area contributed by atoms with Crippen molar-refractivity contribution in [3.63, 3.8) is 0 Å². The third kappa shape index (κ3) is 4.21. The maximum absolute atomic E-state index is 12.2. The number of carbonyl (C=O) groups excluding carboxylic acids is 1. The molecule has 2 heterocycles. The summed E-state index contributed by atoms with van der Waals surface area (Å²) in [6, 6.07) is 8.06. The van der Waals surface area contributed by atoms with E-state index in [2.05, 4.69) is 27.0 Å². The smallest absolute Gasteiger partial charge is 0.234 e. The fraction of sp³-hybridized carbons (Fsp3) is 0.444.